The molecular formula is C19H22ClN3O. The lowest BCUT2D eigenvalue weighted by Gasteiger charge is -2.36. The molecular weight excluding hydrogens is 322 g/mol. The third-order valence-corrected chi connectivity index (χ3v) is 4.76. The number of nitrogens with one attached hydrogen (secondary N) is 1. The lowest BCUT2D eigenvalue weighted by atomic mass is 10.2. The zero-order chi connectivity index (χ0) is 17.1. The van der Waals surface area contributed by atoms with Gasteiger partial charge in [-0.15, -0.1) is 0 Å². The minimum atomic E-state index is -0.0396. The van der Waals surface area contributed by atoms with Crippen LogP contribution >= 0.6 is 11.6 Å². The lowest BCUT2D eigenvalue weighted by molar-refractivity contribution is 0.208. The number of hydrogen-bond acceptors (Lipinski definition) is 2. The van der Waals surface area contributed by atoms with Crippen LogP contribution in [0.4, 0.5) is 16.2 Å². The predicted molar refractivity (Wildman–Crippen MR) is 100 cm³/mol. The Morgan fingerprint density at radius 2 is 1.79 bits per heavy atom. The second kappa shape index (κ2) is 7.14. The minimum Gasteiger partial charge on any atom is -0.368 e. The fraction of sp³-hybridized carbons (Fsp3) is 0.316. The van der Waals surface area contributed by atoms with Gasteiger partial charge < -0.3 is 15.1 Å². The van der Waals surface area contributed by atoms with Crippen molar-refractivity contribution >= 4 is 29.0 Å². The fourth-order valence-corrected chi connectivity index (χ4v) is 3.05. The average Bonchev–Trinajstić information content (AvgIpc) is 2.57. The molecule has 2 aromatic rings. The lowest BCUT2D eigenvalue weighted by Crippen LogP contribution is -2.50. The maximum absolute atomic E-state index is 12.4. The van der Waals surface area contributed by atoms with Crippen LogP contribution in [0.2, 0.25) is 5.02 Å². The standard InChI is InChI=1S/C19H22ClN3O/c1-14-4-3-5-16(12-14)21-19(24)23-10-8-22(9-11-23)17-7-6-15(2)18(20)13-17/h3-7,12-13H,8-11H2,1-2H3,(H,21,24). The van der Waals surface area contributed by atoms with Crippen molar-refractivity contribution in [3.8, 4) is 0 Å². The van der Waals surface area contributed by atoms with Gasteiger partial charge in [0, 0.05) is 42.6 Å². The quantitative estimate of drug-likeness (QED) is 0.881. The van der Waals surface area contributed by atoms with E-state index in [1.807, 2.05) is 55.1 Å². The summed E-state index contributed by atoms with van der Waals surface area (Å²) >= 11 is 6.21. The normalized spacial score (nSPS) is 14.6. The van der Waals surface area contributed by atoms with Crippen molar-refractivity contribution in [3.63, 3.8) is 0 Å². The first-order chi connectivity index (χ1) is 11.5. The van der Waals surface area contributed by atoms with Crippen molar-refractivity contribution in [2.45, 2.75) is 13.8 Å². The molecule has 0 unspecified atom stereocenters. The number of nitrogens with zero attached hydrogens (tertiary/aromatic N) is 2. The monoisotopic (exact) mass is 343 g/mol. The Morgan fingerprint density at radius 3 is 2.46 bits per heavy atom. The van der Waals surface area contributed by atoms with Gasteiger partial charge in [0.2, 0.25) is 0 Å². The molecule has 1 fully saturated rings. The van der Waals surface area contributed by atoms with E-state index in [1.165, 1.54) is 0 Å². The fourth-order valence-electron chi connectivity index (χ4n) is 2.87. The Hall–Kier alpha value is -2.20. The number of rotatable bonds is 2. The van der Waals surface area contributed by atoms with E-state index < -0.39 is 0 Å². The summed E-state index contributed by atoms with van der Waals surface area (Å²) in [6, 6.07) is 13.9. The minimum absolute atomic E-state index is 0.0396. The molecule has 2 amide bonds. The Morgan fingerprint density at radius 1 is 1.04 bits per heavy atom. The van der Waals surface area contributed by atoms with Crippen LogP contribution in [0.15, 0.2) is 42.5 Å². The topological polar surface area (TPSA) is 35.6 Å². The van der Waals surface area contributed by atoms with Crippen LogP contribution in [0.1, 0.15) is 11.1 Å². The number of carbonyl (C=O) groups excluding carboxylic acids is 1. The Balaban J connectivity index is 1.58. The molecule has 3 rings (SSSR count). The van der Waals surface area contributed by atoms with Gasteiger partial charge in [-0.05, 0) is 49.2 Å². The van der Waals surface area contributed by atoms with Gasteiger partial charge in [0.05, 0.1) is 0 Å². The maximum Gasteiger partial charge on any atom is 0.321 e. The molecule has 0 atom stereocenters. The molecule has 4 nitrogen and oxygen atoms in total. The molecule has 24 heavy (non-hydrogen) atoms. The number of benzene rings is 2. The van der Waals surface area contributed by atoms with Crippen molar-refractivity contribution in [2.24, 2.45) is 0 Å². The average molecular weight is 344 g/mol. The van der Waals surface area contributed by atoms with Crippen LogP contribution in [0.25, 0.3) is 0 Å². The van der Waals surface area contributed by atoms with Crippen LogP contribution in [-0.4, -0.2) is 37.1 Å². The number of halogens is 1. The van der Waals surface area contributed by atoms with Crippen LogP contribution < -0.4 is 10.2 Å². The van der Waals surface area contributed by atoms with E-state index >= 15 is 0 Å². The van der Waals surface area contributed by atoms with Crippen molar-refractivity contribution in [1.29, 1.82) is 0 Å². The van der Waals surface area contributed by atoms with Gasteiger partial charge in [0.25, 0.3) is 0 Å². The third-order valence-electron chi connectivity index (χ3n) is 4.36. The summed E-state index contributed by atoms with van der Waals surface area (Å²) in [6.07, 6.45) is 0. The van der Waals surface area contributed by atoms with Gasteiger partial charge in [-0.2, -0.15) is 0 Å². The molecule has 126 valence electrons. The largest absolute Gasteiger partial charge is 0.368 e. The van der Waals surface area contributed by atoms with Gasteiger partial charge in [-0.3, -0.25) is 0 Å². The second-order valence-electron chi connectivity index (χ2n) is 6.21. The van der Waals surface area contributed by atoms with E-state index in [0.717, 1.165) is 40.6 Å². The van der Waals surface area contributed by atoms with Crippen LogP contribution in [0.5, 0.6) is 0 Å². The molecule has 0 bridgehead atoms. The van der Waals surface area contributed by atoms with Gasteiger partial charge >= 0.3 is 6.03 Å². The van der Waals surface area contributed by atoms with Crippen LogP contribution in [-0.2, 0) is 0 Å². The predicted octanol–water partition coefficient (Wildman–Crippen LogP) is 4.31. The molecule has 1 saturated heterocycles. The van der Waals surface area contributed by atoms with Crippen molar-refractivity contribution < 1.29 is 4.79 Å². The molecule has 0 spiro atoms. The van der Waals surface area contributed by atoms with Crippen LogP contribution in [0, 0.1) is 13.8 Å². The van der Waals surface area contributed by atoms with E-state index in [2.05, 4.69) is 16.3 Å². The smallest absolute Gasteiger partial charge is 0.321 e. The summed E-state index contributed by atoms with van der Waals surface area (Å²) in [5.41, 5.74) is 4.17. The number of aryl methyl sites for hydroxylation is 2. The Labute approximate surface area is 148 Å². The first-order valence-corrected chi connectivity index (χ1v) is 8.54. The second-order valence-corrected chi connectivity index (χ2v) is 6.61. The zero-order valence-electron chi connectivity index (χ0n) is 14.1. The molecule has 1 heterocycles. The number of amides is 2. The molecule has 0 aromatic heterocycles. The molecule has 0 aliphatic carbocycles. The summed E-state index contributed by atoms with van der Waals surface area (Å²) in [5, 5.41) is 3.76. The molecule has 0 radical (unpaired) electrons. The first kappa shape index (κ1) is 16.7. The molecule has 2 aromatic carbocycles. The Kier molecular flexibility index (Phi) is 4.95. The summed E-state index contributed by atoms with van der Waals surface area (Å²) in [7, 11) is 0. The molecule has 1 N–H and O–H groups in total. The molecule has 5 heteroatoms. The number of urea groups is 1. The highest BCUT2D eigenvalue weighted by Crippen LogP contribution is 2.24. The molecule has 1 aliphatic heterocycles. The highest BCUT2D eigenvalue weighted by Gasteiger charge is 2.21. The van der Waals surface area contributed by atoms with Crippen molar-refractivity contribution in [3.05, 3.63) is 58.6 Å². The molecule has 1 aliphatic rings. The van der Waals surface area contributed by atoms with Gasteiger partial charge in [0.15, 0.2) is 0 Å². The van der Waals surface area contributed by atoms with Gasteiger partial charge in [0.1, 0.15) is 0 Å². The number of piperazine rings is 1. The highest BCUT2D eigenvalue weighted by molar-refractivity contribution is 6.31. The highest BCUT2D eigenvalue weighted by atomic mass is 35.5. The van der Waals surface area contributed by atoms with E-state index in [-0.39, 0.29) is 6.03 Å². The zero-order valence-corrected chi connectivity index (χ0v) is 14.8. The van der Waals surface area contributed by atoms with E-state index in [1.54, 1.807) is 0 Å². The summed E-state index contributed by atoms with van der Waals surface area (Å²) in [6.45, 7) is 7.02. The van der Waals surface area contributed by atoms with Crippen LogP contribution in [0.3, 0.4) is 0 Å². The van der Waals surface area contributed by atoms with E-state index in [9.17, 15) is 4.79 Å². The third kappa shape index (κ3) is 3.82. The SMILES string of the molecule is Cc1cccc(NC(=O)N2CCN(c3ccc(C)c(Cl)c3)CC2)c1. The Bertz CT molecular complexity index is 739. The summed E-state index contributed by atoms with van der Waals surface area (Å²) in [5.74, 6) is 0. The van der Waals surface area contributed by atoms with E-state index in [0.29, 0.717) is 13.1 Å². The van der Waals surface area contributed by atoms with Gasteiger partial charge in [-0.1, -0.05) is 29.8 Å². The maximum atomic E-state index is 12.4. The van der Waals surface area contributed by atoms with Gasteiger partial charge in [-0.25, -0.2) is 4.79 Å². The summed E-state index contributed by atoms with van der Waals surface area (Å²) in [4.78, 5) is 16.5. The van der Waals surface area contributed by atoms with Crippen molar-refractivity contribution in [2.75, 3.05) is 36.4 Å². The number of carbonyl (C=O) groups is 1. The number of anilines is 2. The first-order valence-electron chi connectivity index (χ1n) is 8.16. The van der Waals surface area contributed by atoms with E-state index in [4.69, 9.17) is 11.6 Å². The van der Waals surface area contributed by atoms with Crippen molar-refractivity contribution in [1.82, 2.24) is 4.90 Å². The number of hydrogen-bond donors (Lipinski definition) is 1. The summed E-state index contributed by atoms with van der Waals surface area (Å²) < 4.78 is 0. The molecule has 0 saturated carbocycles.